The van der Waals surface area contributed by atoms with Crippen LogP contribution in [-0.2, 0) is 0 Å². The van der Waals surface area contributed by atoms with E-state index in [4.69, 9.17) is 0 Å². The van der Waals surface area contributed by atoms with Crippen LogP contribution in [0.2, 0.25) is 0 Å². The Bertz CT molecular complexity index is 181. The fourth-order valence-electron chi connectivity index (χ4n) is 2.47. The van der Waals surface area contributed by atoms with E-state index in [1.165, 1.54) is 6.42 Å². The smallest absolute Gasteiger partial charge is 0.0660 e. The number of nitrogens with zero attached hydrogens (tertiary/aromatic N) is 1. The zero-order valence-electron chi connectivity index (χ0n) is 10.6. The number of rotatable bonds is 4. The standard InChI is InChI=1S/C13H27NO/c1-4-5-7-13(15)8-6-10-14(11-9-13)12(2)3/h12,15H,4-11H2,1-3H3. The first kappa shape index (κ1) is 13.0. The van der Waals surface area contributed by atoms with Gasteiger partial charge in [0.1, 0.15) is 0 Å². The van der Waals surface area contributed by atoms with Gasteiger partial charge in [-0.2, -0.15) is 0 Å². The van der Waals surface area contributed by atoms with E-state index >= 15 is 0 Å². The summed E-state index contributed by atoms with van der Waals surface area (Å²) in [7, 11) is 0. The first-order valence-corrected chi connectivity index (χ1v) is 6.54. The summed E-state index contributed by atoms with van der Waals surface area (Å²) in [6.45, 7) is 8.91. The van der Waals surface area contributed by atoms with Crippen molar-refractivity contribution in [3.05, 3.63) is 0 Å². The van der Waals surface area contributed by atoms with Crippen molar-refractivity contribution in [3.8, 4) is 0 Å². The monoisotopic (exact) mass is 213 g/mol. The van der Waals surface area contributed by atoms with E-state index in [1.54, 1.807) is 0 Å². The molecule has 0 aromatic carbocycles. The number of hydrogen-bond donors (Lipinski definition) is 1. The van der Waals surface area contributed by atoms with Gasteiger partial charge in [-0.15, -0.1) is 0 Å². The lowest BCUT2D eigenvalue weighted by Gasteiger charge is -2.28. The van der Waals surface area contributed by atoms with E-state index in [1.807, 2.05) is 0 Å². The van der Waals surface area contributed by atoms with Gasteiger partial charge in [-0.1, -0.05) is 19.8 Å². The Morgan fingerprint density at radius 3 is 2.60 bits per heavy atom. The minimum atomic E-state index is -0.361. The molecule has 90 valence electrons. The molecule has 2 nitrogen and oxygen atoms in total. The predicted octanol–water partition coefficient (Wildman–Crippen LogP) is 2.80. The summed E-state index contributed by atoms with van der Waals surface area (Å²) in [4.78, 5) is 2.49. The summed E-state index contributed by atoms with van der Waals surface area (Å²) in [5, 5.41) is 10.5. The van der Waals surface area contributed by atoms with E-state index in [-0.39, 0.29) is 5.60 Å². The Morgan fingerprint density at radius 2 is 2.00 bits per heavy atom. The largest absolute Gasteiger partial charge is 0.390 e. The fourth-order valence-corrected chi connectivity index (χ4v) is 2.47. The van der Waals surface area contributed by atoms with Crippen LogP contribution in [0, 0.1) is 0 Å². The van der Waals surface area contributed by atoms with Crippen molar-refractivity contribution in [3.63, 3.8) is 0 Å². The quantitative estimate of drug-likeness (QED) is 0.776. The van der Waals surface area contributed by atoms with E-state index < -0.39 is 0 Å². The van der Waals surface area contributed by atoms with Crippen molar-refractivity contribution in [2.75, 3.05) is 13.1 Å². The molecule has 0 saturated carbocycles. The van der Waals surface area contributed by atoms with Gasteiger partial charge in [-0.25, -0.2) is 0 Å². The topological polar surface area (TPSA) is 23.5 Å². The summed E-state index contributed by atoms with van der Waals surface area (Å²) in [6, 6.07) is 0.624. The molecule has 1 unspecified atom stereocenters. The minimum Gasteiger partial charge on any atom is -0.390 e. The maximum Gasteiger partial charge on any atom is 0.0660 e. The maximum atomic E-state index is 10.5. The Hall–Kier alpha value is -0.0800. The lowest BCUT2D eigenvalue weighted by atomic mass is 9.89. The second kappa shape index (κ2) is 5.86. The van der Waals surface area contributed by atoms with Gasteiger partial charge in [0.25, 0.3) is 0 Å². The Morgan fingerprint density at radius 1 is 1.27 bits per heavy atom. The van der Waals surface area contributed by atoms with Crippen molar-refractivity contribution < 1.29 is 5.11 Å². The molecule has 1 rings (SSSR count). The molecule has 0 spiro atoms. The Balaban J connectivity index is 2.43. The lowest BCUT2D eigenvalue weighted by Crippen LogP contribution is -2.34. The second-order valence-electron chi connectivity index (χ2n) is 5.31. The van der Waals surface area contributed by atoms with Gasteiger partial charge < -0.3 is 10.0 Å². The Kier molecular flexibility index (Phi) is 5.07. The molecular formula is C13H27NO. The SMILES string of the molecule is CCCCC1(O)CCCN(C(C)C)CC1. The van der Waals surface area contributed by atoms with E-state index in [0.717, 1.165) is 45.2 Å². The number of likely N-dealkylation sites (tertiary alicyclic amines) is 1. The molecule has 1 saturated heterocycles. The van der Waals surface area contributed by atoms with Gasteiger partial charge in [-0.3, -0.25) is 0 Å². The minimum absolute atomic E-state index is 0.361. The second-order valence-corrected chi connectivity index (χ2v) is 5.31. The normalized spacial score (nSPS) is 29.4. The van der Waals surface area contributed by atoms with Crippen molar-refractivity contribution in [1.29, 1.82) is 0 Å². The van der Waals surface area contributed by atoms with E-state index in [9.17, 15) is 5.11 Å². The average Bonchev–Trinajstić information content (AvgIpc) is 2.38. The summed E-state index contributed by atoms with van der Waals surface area (Å²) in [5.74, 6) is 0. The van der Waals surface area contributed by atoms with Crippen LogP contribution in [0.1, 0.15) is 59.3 Å². The van der Waals surface area contributed by atoms with Crippen molar-refractivity contribution in [2.24, 2.45) is 0 Å². The molecule has 0 amide bonds. The molecule has 0 aliphatic carbocycles. The van der Waals surface area contributed by atoms with Gasteiger partial charge in [0.2, 0.25) is 0 Å². The number of aliphatic hydroxyl groups is 1. The molecule has 0 aromatic heterocycles. The zero-order valence-corrected chi connectivity index (χ0v) is 10.6. The highest BCUT2D eigenvalue weighted by atomic mass is 16.3. The van der Waals surface area contributed by atoms with Crippen LogP contribution in [0.4, 0.5) is 0 Å². The van der Waals surface area contributed by atoms with Gasteiger partial charge >= 0.3 is 0 Å². The van der Waals surface area contributed by atoms with Crippen molar-refractivity contribution >= 4 is 0 Å². The first-order valence-electron chi connectivity index (χ1n) is 6.54. The lowest BCUT2D eigenvalue weighted by molar-refractivity contribution is 0.0142. The molecule has 1 N–H and O–H groups in total. The van der Waals surface area contributed by atoms with Gasteiger partial charge in [-0.05, 0) is 46.1 Å². The van der Waals surface area contributed by atoms with Crippen LogP contribution in [0.5, 0.6) is 0 Å². The average molecular weight is 213 g/mol. The van der Waals surface area contributed by atoms with Crippen molar-refractivity contribution in [2.45, 2.75) is 70.9 Å². The molecule has 0 bridgehead atoms. The highest BCUT2D eigenvalue weighted by Gasteiger charge is 2.29. The molecular weight excluding hydrogens is 186 g/mol. The molecule has 1 heterocycles. The van der Waals surface area contributed by atoms with Crippen molar-refractivity contribution in [1.82, 2.24) is 4.90 Å². The highest BCUT2D eigenvalue weighted by molar-refractivity contribution is 4.84. The van der Waals surface area contributed by atoms with E-state index in [0.29, 0.717) is 6.04 Å². The molecule has 0 radical (unpaired) electrons. The van der Waals surface area contributed by atoms with Crippen LogP contribution in [0.15, 0.2) is 0 Å². The zero-order chi connectivity index (χ0) is 11.3. The fraction of sp³-hybridized carbons (Fsp3) is 1.00. The summed E-state index contributed by atoms with van der Waals surface area (Å²) in [6.07, 6.45) is 6.46. The molecule has 1 aliphatic heterocycles. The third-order valence-corrected chi connectivity index (χ3v) is 3.68. The van der Waals surface area contributed by atoms with Crippen LogP contribution in [0.3, 0.4) is 0 Å². The van der Waals surface area contributed by atoms with Gasteiger partial charge in [0.05, 0.1) is 5.60 Å². The van der Waals surface area contributed by atoms with Crippen LogP contribution in [0.25, 0.3) is 0 Å². The first-order chi connectivity index (χ1) is 7.07. The number of hydrogen-bond acceptors (Lipinski definition) is 2. The third kappa shape index (κ3) is 4.12. The molecule has 1 atom stereocenters. The van der Waals surface area contributed by atoms with Crippen LogP contribution in [-0.4, -0.2) is 34.7 Å². The summed E-state index contributed by atoms with van der Waals surface area (Å²) < 4.78 is 0. The van der Waals surface area contributed by atoms with Crippen LogP contribution >= 0.6 is 0 Å². The van der Waals surface area contributed by atoms with Gasteiger partial charge in [0.15, 0.2) is 0 Å². The molecule has 0 aromatic rings. The highest BCUT2D eigenvalue weighted by Crippen LogP contribution is 2.28. The Labute approximate surface area is 94.7 Å². The summed E-state index contributed by atoms with van der Waals surface area (Å²) >= 11 is 0. The predicted molar refractivity (Wildman–Crippen MR) is 65.0 cm³/mol. The third-order valence-electron chi connectivity index (χ3n) is 3.68. The molecule has 15 heavy (non-hydrogen) atoms. The summed E-state index contributed by atoms with van der Waals surface area (Å²) in [5.41, 5.74) is -0.361. The molecule has 1 aliphatic rings. The van der Waals surface area contributed by atoms with Gasteiger partial charge in [0, 0.05) is 12.6 Å². The molecule has 2 heteroatoms. The van der Waals surface area contributed by atoms with Crippen LogP contribution < -0.4 is 0 Å². The maximum absolute atomic E-state index is 10.5. The molecule has 1 fully saturated rings. The van der Waals surface area contributed by atoms with E-state index in [2.05, 4.69) is 25.7 Å². The number of unbranched alkanes of at least 4 members (excludes halogenated alkanes) is 1.